The molecule has 0 bridgehead atoms. The van der Waals surface area contributed by atoms with Crippen molar-refractivity contribution >= 4 is 15.8 Å². The number of esters is 1. The molecule has 1 saturated heterocycles. The highest BCUT2D eigenvalue weighted by molar-refractivity contribution is 7.93. The van der Waals surface area contributed by atoms with Crippen LogP contribution in [0.4, 0.5) is 0 Å². The average molecular weight is 268 g/mol. The van der Waals surface area contributed by atoms with Crippen LogP contribution in [0.3, 0.4) is 0 Å². The number of carbonyl (C=O) groups is 1. The Balaban J connectivity index is 2.34. The maximum absolute atomic E-state index is 12.0. The summed E-state index contributed by atoms with van der Waals surface area (Å²) in [6.07, 6.45) is 0.482. The number of carbonyl (C=O) groups excluding carboxylic acids is 1. The van der Waals surface area contributed by atoms with Crippen molar-refractivity contribution in [3.63, 3.8) is 0 Å². The van der Waals surface area contributed by atoms with E-state index in [1.54, 1.807) is 6.92 Å². The molecule has 1 fully saturated rings. The molecule has 0 aliphatic carbocycles. The minimum atomic E-state index is -3.38. The van der Waals surface area contributed by atoms with E-state index in [0.29, 0.717) is 6.42 Å². The Morgan fingerprint density at radius 2 is 2.00 bits per heavy atom. The molecule has 1 aliphatic heterocycles. The standard InChI is InChI=1S/C13H16O4S/c1-2-17-13(14)12-11(8-9-18(12,15)16)10-6-4-3-5-7-10/h3-7,11-12H,2,8-9H2,1H3/t11-,12+/m0/s1. The molecule has 0 saturated carbocycles. The molecule has 1 aromatic carbocycles. The van der Waals surface area contributed by atoms with Crippen molar-refractivity contribution in [1.82, 2.24) is 0 Å². The highest BCUT2D eigenvalue weighted by Crippen LogP contribution is 2.36. The third-order valence-corrected chi connectivity index (χ3v) is 5.31. The topological polar surface area (TPSA) is 60.4 Å². The van der Waals surface area contributed by atoms with Crippen LogP contribution in [0.2, 0.25) is 0 Å². The van der Waals surface area contributed by atoms with Crippen LogP contribution in [-0.4, -0.2) is 32.0 Å². The molecule has 18 heavy (non-hydrogen) atoms. The second kappa shape index (κ2) is 5.10. The van der Waals surface area contributed by atoms with Crippen LogP contribution >= 0.6 is 0 Å². The van der Waals surface area contributed by atoms with Gasteiger partial charge in [-0.15, -0.1) is 0 Å². The molecule has 0 spiro atoms. The third kappa shape index (κ3) is 2.41. The molecule has 0 aromatic heterocycles. The number of hydrogen-bond donors (Lipinski definition) is 0. The number of hydrogen-bond acceptors (Lipinski definition) is 4. The van der Waals surface area contributed by atoms with Gasteiger partial charge in [-0.05, 0) is 18.9 Å². The molecule has 1 aromatic rings. The van der Waals surface area contributed by atoms with Gasteiger partial charge >= 0.3 is 5.97 Å². The lowest BCUT2D eigenvalue weighted by atomic mass is 9.93. The summed E-state index contributed by atoms with van der Waals surface area (Å²) in [6, 6.07) is 9.28. The summed E-state index contributed by atoms with van der Waals surface area (Å²) >= 11 is 0. The Hall–Kier alpha value is -1.36. The Morgan fingerprint density at radius 3 is 2.61 bits per heavy atom. The normalized spacial score (nSPS) is 25.8. The number of rotatable bonds is 3. The molecular formula is C13H16O4S. The Labute approximate surface area is 107 Å². The smallest absolute Gasteiger partial charge is 0.324 e. The second-order valence-corrected chi connectivity index (χ2v) is 6.59. The summed E-state index contributed by atoms with van der Waals surface area (Å²) in [6.45, 7) is 1.88. The summed E-state index contributed by atoms with van der Waals surface area (Å²) in [7, 11) is -3.38. The van der Waals surface area contributed by atoms with E-state index in [1.807, 2.05) is 30.3 Å². The van der Waals surface area contributed by atoms with E-state index in [-0.39, 0.29) is 18.3 Å². The molecule has 1 heterocycles. The fraction of sp³-hybridized carbons (Fsp3) is 0.462. The molecule has 0 unspecified atom stereocenters. The molecular weight excluding hydrogens is 252 g/mol. The van der Waals surface area contributed by atoms with Crippen molar-refractivity contribution in [1.29, 1.82) is 0 Å². The van der Waals surface area contributed by atoms with Gasteiger partial charge in [-0.3, -0.25) is 4.79 Å². The molecule has 0 amide bonds. The van der Waals surface area contributed by atoms with Crippen molar-refractivity contribution in [2.45, 2.75) is 24.5 Å². The Kier molecular flexibility index (Phi) is 3.71. The molecule has 2 rings (SSSR count). The van der Waals surface area contributed by atoms with Crippen molar-refractivity contribution in [2.24, 2.45) is 0 Å². The van der Waals surface area contributed by atoms with E-state index in [4.69, 9.17) is 4.74 Å². The van der Waals surface area contributed by atoms with Gasteiger partial charge in [-0.25, -0.2) is 8.42 Å². The van der Waals surface area contributed by atoms with E-state index in [2.05, 4.69) is 0 Å². The quantitative estimate of drug-likeness (QED) is 0.780. The highest BCUT2D eigenvalue weighted by atomic mass is 32.2. The first-order chi connectivity index (χ1) is 8.56. The zero-order valence-electron chi connectivity index (χ0n) is 10.2. The third-order valence-electron chi connectivity index (χ3n) is 3.21. The Morgan fingerprint density at radius 1 is 1.33 bits per heavy atom. The number of sulfone groups is 1. The van der Waals surface area contributed by atoms with E-state index in [0.717, 1.165) is 5.56 Å². The second-order valence-electron chi connectivity index (χ2n) is 4.35. The predicted octanol–water partition coefficient (Wildman–Crippen LogP) is 1.52. The van der Waals surface area contributed by atoms with Gasteiger partial charge in [-0.1, -0.05) is 30.3 Å². The zero-order chi connectivity index (χ0) is 13.2. The van der Waals surface area contributed by atoms with E-state index >= 15 is 0 Å². The summed E-state index contributed by atoms with van der Waals surface area (Å²) in [5.41, 5.74) is 0.886. The van der Waals surface area contributed by atoms with Crippen LogP contribution in [-0.2, 0) is 19.4 Å². The number of benzene rings is 1. The molecule has 2 atom stereocenters. The predicted molar refractivity (Wildman–Crippen MR) is 68.0 cm³/mol. The van der Waals surface area contributed by atoms with Crippen molar-refractivity contribution < 1.29 is 17.9 Å². The fourth-order valence-corrected chi connectivity index (χ4v) is 4.39. The van der Waals surface area contributed by atoms with Crippen molar-refractivity contribution in [2.75, 3.05) is 12.4 Å². The van der Waals surface area contributed by atoms with Crippen LogP contribution < -0.4 is 0 Å². The van der Waals surface area contributed by atoms with Crippen LogP contribution in [0.25, 0.3) is 0 Å². The molecule has 5 heteroatoms. The molecule has 0 radical (unpaired) electrons. The van der Waals surface area contributed by atoms with Crippen molar-refractivity contribution in [3.8, 4) is 0 Å². The van der Waals surface area contributed by atoms with Crippen LogP contribution in [0.5, 0.6) is 0 Å². The average Bonchev–Trinajstić information content (AvgIpc) is 2.66. The van der Waals surface area contributed by atoms with Gasteiger partial charge in [0.05, 0.1) is 12.4 Å². The lowest BCUT2D eigenvalue weighted by Crippen LogP contribution is -2.32. The maximum Gasteiger partial charge on any atom is 0.324 e. The first kappa shape index (κ1) is 13.1. The molecule has 0 N–H and O–H groups in total. The lowest BCUT2D eigenvalue weighted by Gasteiger charge is -2.17. The SMILES string of the molecule is CCOC(=O)[C@H]1[C@H](c2ccccc2)CCS1(=O)=O. The maximum atomic E-state index is 12.0. The van der Waals surface area contributed by atoms with E-state index in [9.17, 15) is 13.2 Å². The lowest BCUT2D eigenvalue weighted by molar-refractivity contribution is -0.142. The highest BCUT2D eigenvalue weighted by Gasteiger charge is 2.46. The van der Waals surface area contributed by atoms with Gasteiger partial charge in [0.2, 0.25) is 0 Å². The zero-order valence-corrected chi connectivity index (χ0v) is 11.0. The first-order valence-electron chi connectivity index (χ1n) is 5.99. The van der Waals surface area contributed by atoms with Crippen LogP contribution in [0.15, 0.2) is 30.3 Å². The van der Waals surface area contributed by atoms with Crippen molar-refractivity contribution in [3.05, 3.63) is 35.9 Å². The minimum absolute atomic E-state index is 0.0516. The summed E-state index contributed by atoms with van der Waals surface area (Å²) in [5.74, 6) is -0.852. The van der Waals surface area contributed by atoms with E-state index < -0.39 is 21.1 Å². The Bertz CT molecular complexity index is 521. The summed E-state index contributed by atoms with van der Waals surface area (Å²) in [5, 5.41) is -1.04. The van der Waals surface area contributed by atoms with E-state index in [1.165, 1.54) is 0 Å². The first-order valence-corrected chi connectivity index (χ1v) is 7.71. The van der Waals surface area contributed by atoms with Gasteiger partial charge in [0.25, 0.3) is 0 Å². The van der Waals surface area contributed by atoms with Gasteiger partial charge in [0.1, 0.15) is 0 Å². The van der Waals surface area contributed by atoms with Crippen LogP contribution in [0, 0.1) is 0 Å². The summed E-state index contributed by atoms with van der Waals surface area (Å²) < 4.78 is 28.8. The van der Waals surface area contributed by atoms with Crippen LogP contribution in [0.1, 0.15) is 24.8 Å². The van der Waals surface area contributed by atoms with Gasteiger partial charge < -0.3 is 4.74 Å². The van der Waals surface area contributed by atoms with Gasteiger partial charge in [0.15, 0.2) is 15.1 Å². The molecule has 4 nitrogen and oxygen atoms in total. The minimum Gasteiger partial charge on any atom is -0.465 e. The number of ether oxygens (including phenoxy) is 1. The fourth-order valence-electron chi connectivity index (χ4n) is 2.40. The monoisotopic (exact) mass is 268 g/mol. The largest absolute Gasteiger partial charge is 0.465 e. The molecule has 1 aliphatic rings. The molecule has 98 valence electrons. The van der Waals surface area contributed by atoms with Gasteiger partial charge in [0, 0.05) is 5.92 Å². The van der Waals surface area contributed by atoms with Gasteiger partial charge in [-0.2, -0.15) is 0 Å². The summed E-state index contributed by atoms with van der Waals surface area (Å²) in [4.78, 5) is 11.8.